The first kappa shape index (κ1) is 11.7. The van der Waals surface area contributed by atoms with E-state index in [-0.39, 0.29) is 0 Å². The van der Waals surface area contributed by atoms with Crippen molar-refractivity contribution in [1.29, 1.82) is 0 Å². The van der Waals surface area contributed by atoms with Crippen molar-refractivity contribution in [3.05, 3.63) is 48.0 Å². The van der Waals surface area contributed by atoms with Crippen LogP contribution >= 0.6 is 11.6 Å². The van der Waals surface area contributed by atoms with Crippen LogP contribution < -0.4 is 5.73 Å². The number of hydrogen-bond acceptors (Lipinski definition) is 5. The standard InChI is InChI=1S/C13H9ClN4O/c14-10-3-1-8(2-4-10)11-12(19-18-13(11)15)9-5-16-7-17-6-9/h1-7H,(H2,15,18). The molecule has 6 heteroatoms. The number of aromatic nitrogens is 3. The normalized spacial score (nSPS) is 10.6. The molecule has 2 N–H and O–H groups in total. The van der Waals surface area contributed by atoms with Crippen LogP contribution in [-0.4, -0.2) is 15.1 Å². The summed E-state index contributed by atoms with van der Waals surface area (Å²) in [4.78, 5) is 7.92. The number of hydrogen-bond donors (Lipinski definition) is 1. The first-order valence-electron chi connectivity index (χ1n) is 5.52. The largest absolute Gasteiger partial charge is 0.380 e. The molecule has 0 bridgehead atoms. The Morgan fingerprint density at radius 1 is 1.00 bits per heavy atom. The lowest BCUT2D eigenvalue weighted by molar-refractivity contribution is 0.436. The molecule has 19 heavy (non-hydrogen) atoms. The van der Waals surface area contributed by atoms with Crippen molar-refractivity contribution in [1.82, 2.24) is 15.1 Å². The van der Waals surface area contributed by atoms with Gasteiger partial charge in [0, 0.05) is 17.4 Å². The van der Waals surface area contributed by atoms with Crippen molar-refractivity contribution in [3.63, 3.8) is 0 Å². The van der Waals surface area contributed by atoms with E-state index in [0.717, 1.165) is 11.1 Å². The summed E-state index contributed by atoms with van der Waals surface area (Å²) in [5.41, 5.74) is 8.18. The van der Waals surface area contributed by atoms with E-state index in [1.807, 2.05) is 12.1 Å². The molecule has 1 aromatic carbocycles. The summed E-state index contributed by atoms with van der Waals surface area (Å²) in [6.45, 7) is 0. The van der Waals surface area contributed by atoms with Crippen LogP contribution in [0.3, 0.4) is 0 Å². The monoisotopic (exact) mass is 272 g/mol. The molecule has 0 aliphatic heterocycles. The van der Waals surface area contributed by atoms with Gasteiger partial charge in [0.25, 0.3) is 0 Å². The second-order valence-corrected chi connectivity index (χ2v) is 4.34. The quantitative estimate of drug-likeness (QED) is 0.776. The van der Waals surface area contributed by atoms with Gasteiger partial charge < -0.3 is 10.3 Å². The first-order chi connectivity index (χ1) is 9.25. The van der Waals surface area contributed by atoms with E-state index in [9.17, 15) is 0 Å². The van der Waals surface area contributed by atoms with E-state index < -0.39 is 0 Å². The van der Waals surface area contributed by atoms with Crippen LogP contribution in [0.25, 0.3) is 22.5 Å². The SMILES string of the molecule is Nc1noc(-c2cncnc2)c1-c1ccc(Cl)cc1. The number of anilines is 1. The minimum atomic E-state index is 0.321. The fraction of sp³-hybridized carbons (Fsp3) is 0. The van der Waals surface area contributed by atoms with Gasteiger partial charge in [-0.15, -0.1) is 0 Å². The second-order valence-electron chi connectivity index (χ2n) is 3.91. The summed E-state index contributed by atoms with van der Waals surface area (Å²) in [6.07, 6.45) is 4.74. The van der Waals surface area contributed by atoms with E-state index >= 15 is 0 Å². The molecule has 0 aliphatic carbocycles. The molecule has 0 saturated heterocycles. The van der Waals surface area contributed by atoms with Gasteiger partial charge in [-0.3, -0.25) is 0 Å². The number of nitrogen functional groups attached to an aromatic ring is 1. The highest BCUT2D eigenvalue weighted by atomic mass is 35.5. The van der Waals surface area contributed by atoms with E-state index in [4.69, 9.17) is 21.9 Å². The Labute approximate surface area is 114 Å². The molecule has 0 radical (unpaired) electrons. The minimum Gasteiger partial charge on any atom is -0.380 e. The second kappa shape index (κ2) is 4.70. The lowest BCUT2D eigenvalue weighted by Crippen LogP contribution is -1.89. The lowest BCUT2D eigenvalue weighted by atomic mass is 10.0. The van der Waals surface area contributed by atoms with Gasteiger partial charge in [-0.25, -0.2) is 9.97 Å². The molecule has 2 heterocycles. The fourth-order valence-electron chi connectivity index (χ4n) is 1.81. The van der Waals surface area contributed by atoms with E-state index in [1.54, 1.807) is 24.5 Å². The molecule has 0 amide bonds. The molecule has 3 rings (SSSR count). The molecule has 2 aromatic heterocycles. The minimum absolute atomic E-state index is 0.321. The Kier molecular flexibility index (Phi) is 2.89. The van der Waals surface area contributed by atoms with Crippen molar-refractivity contribution in [2.45, 2.75) is 0 Å². The fourth-order valence-corrected chi connectivity index (χ4v) is 1.94. The van der Waals surface area contributed by atoms with Gasteiger partial charge in [0.1, 0.15) is 6.33 Å². The van der Waals surface area contributed by atoms with Crippen molar-refractivity contribution >= 4 is 17.4 Å². The zero-order chi connectivity index (χ0) is 13.2. The molecule has 0 saturated carbocycles. The maximum absolute atomic E-state index is 5.88. The van der Waals surface area contributed by atoms with E-state index in [1.165, 1.54) is 6.33 Å². The van der Waals surface area contributed by atoms with Gasteiger partial charge in [-0.2, -0.15) is 0 Å². The average Bonchev–Trinajstić information content (AvgIpc) is 2.83. The van der Waals surface area contributed by atoms with Crippen LogP contribution in [0.5, 0.6) is 0 Å². The zero-order valence-corrected chi connectivity index (χ0v) is 10.5. The van der Waals surface area contributed by atoms with Crippen molar-refractivity contribution < 1.29 is 4.52 Å². The number of nitrogens with two attached hydrogens (primary N) is 1. The molecule has 0 fully saturated rings. The third-order valence-electron chi connectivity index (χ3n) is 2.67. The molecule has 5 nitrogen and oxygen atoms in total. The average molecular weight is 273 g/mol. The number of rotatable bonds is 2. The smallest absolute Gasteiger partial charge is 0.180 e. The summed E-state index contributed by atoms with van der Waals surface area (Å²) in [5.74, 6) is 0.863. The van der Waals surface area contributed by atoms with E-state index in [2.05, 4.69) is 15.1 Å². The maximum atomic E-state index is 5.88. The van der Waals surface area contributed by atoms with Crippen LogP contribution in [-0.2, 0) is 0 Å². The highest BCUT2D eigenvalue weighted by Crippen LogP contribution is 2.36. The summed E-state index contributed by atoms with van der Waals surface area (Å²) in [6, 6.07) is 7.29. The molecule has 0 spiro atoms. The van der Waals surface area contributed by atoms with Crippen LogP contribution in [0.1, 0.15) is 0 Å². The van der Waals surface area contributed by atoms with Gasteiger partial charge in [0.2, 0.25) is 0 Å². The van der Waals surface area contributed by atoms with Gasteiger partial charge in [-0.05, 0) is 17.7 Å². The first-order valence-corrected chi connectivity index (χ1v) is 5.90. The third kappa shape index (κ3) is 2.15. The molecular weight excluding hydrogens is 264 g/mol. The maximum Gasteiger partial charge on any atom is 0.180 e. The van der Waals surface area contributed by atoms with Crippen molar-refractivity contribution in [2.24, 2.45) is 0 Å². The predicted octanol–water partition coefficient (Wildman–Crippen LogP) is 3.03. The molecule has 0 atom stereocenters. The van der Waals surface area contributed by atoms with Gasteiger partial charge in [0.15, 0.2) is 11.6 Å². The molecule has 3 aromatic rings. The van der Waals surface area contributed by atoms with Gasteiger partial charge in [-0.1, -0.05) is 28.9 Å². The zero-order valence-electron chi connectivity index (χ0n) is 9.75. The number of benzene rings is 1. The Hall–Kier alpha value is -2.40. The van der Waals surface area contributed by atoms with Crippen LogP contribution in [0.4, 0.5) is 5.82 Å². The lowest BCUT2D eigenvalue weighted by Gasteiger charge is -2.02. The van der Waals surface area contributed by atoms with E-state index in [0.29, 0.717) is 22.2 Å². The predicted molar refractivity (Wildman–Crippen MR) is 72.4 cm³/mol. The molecule has 0 unspecified atom stereocenters. The Morgan fingerprint density at radius 2 is 1.68 bits per heavy atom. The Bertz CT molecular complexity index is 694. The molecular formula is C13H9ClN4O. The third-order valence-corrected chi connectivity index (χ3v) is 2.93. The topological polar surface area (TPSA) is 77.8 Å². The summed E-state index contributed by atoms with van der Waals surface area (Å²) >= 11 is 5.88. The summed E-state index contributed by atoms with van der Waals surface area (Å²) in [5, 5.41) is 4.46. The molecule has 94 valence electrons. The summed E-state index contributed by atoms with van der Waals surface area (Å²) in [7, 11) is 0. The van der Waals surface area contributed by atoms with Crippen LogP contribution in [0, 0.1) is 0 Å². The highest BCUT2D eigenvalue weighted by Gasteiger charge is 2.17. The Balaban J connectivity index is 2.17. The number of nitrogens with zero attached hydrogens (tertiary/aromatic N) is 3. The Morgan fingerprint density at radius 3 is 2.37 bits per heavy atom. The van der Waals surface area contributed by atoms with Gasteiger partial charge in [0.05, 0.1) is 11.1 Å². The highest BCUT2D eigenvalue weighted by molar-refractivity contribution is 6.30. The van der Waals surface area contributed by atoms with Gasteiger partial charge >= 0.3 is 0 Å². The van der Waals surface area contributed by atoms with Crippen LogP contribution in [0.2, 0.25) is 5.02 Å². The summed E-state index contributed by atoms with van der Waals surface area (Å²) < 4.78 is 5.28. The van der Waals surface area contributed by atoms with Crippen LogP contribution in [0.15, 0.2) is 47.5 Å². The molecule has 0 aliphatic rings. The van der Waals surface area contributed by atoms with Crippen molar-refractivity contribution in [2.75, 3.05) is 5.73 Å². The number of halogens is 1. The van der Waals surface area contributed by atoms with Crippen molar-refractivity contribution in [3.8, 4) is 22.5 Å².